The van der Waals surface area contributed by atoms with E-state index in [9.17, 15) is 5.11 Å². The van der Waals surface area contributed by atoms with Crippen LogP contribution >= 0.6 is 11.3 Å². The van der Waals surface area contributed by atoms with Gasteiger partial charge in [-0.2, -0.15) is 0 Å². The number of aliphatic hydroxyl groups is 1. The smallest absolute Gasteiger partial charge is 0.0957 e. The third kappa shape index (κ3) is 1.36. The lowest BCUT2D eigenvalue weighted by molar-refractivity contribution is 0.0510. The lowest BCUT2D eigenvalue weighted by Gasteiger charge is -2.33. The van der Waals surface area contributed by atoms with Gasteiger partial charge in [-0.05, 0) is 24.3 Å². The van der Waals surface area contributed by atoms with Crippen LogP contribution in [0, 0.1) is 5.92 Å². The van der Waals surface area contributed by atoms with Gasteiger partial charge < -0.3 is 9.67 Å². The Hall–Kier alpha value is -1.13. The fourth-order valence-corrected chi connectivity index (χ4v) is 4.61. The predicted molar refractivity (Wildman–Crippen MR) is 71.6 cm³/mol. The van der Waals surface area contributed by atoms with Crippen molar-refractivity contribution >= 4 is 11.3 Å². The summed E-state index contributed by atoms with van der Waals surface area (Å²) in [6, 6.07) is 2.50. The first-order chi connectivity index (χ1) is 8.86. The minimum Gasteiger partial charge on any atom is -0.393 e. The van der Waals surface area contributed by atoms with Crippen LogP contribution in [-0.2, 0) is 0 Å². The maximum atomic E-state index is 10.3. The summed E-state index contributed by atoms with van der Waals surface area (Å²) in [4.78, 5) is 5.69. The maximum Gasteiger partial charge on any atom is 0.0957 e. The molecule has 1 saturated carbocycles. The number of rotatable bonds is 1. The van der Waals surface area contributed by atoms with Gasteiger partial charge in [0, 0.05) is 16.4 Å². The Morgan fingerprint density at radius 1 is 1.33 bits per heavy atom. The van der Waals surface area contributed by atoms with Gasteiger partial charge in [0.15, 0.2) is 0 Å². The number of imidazole rings is 1. The molecule has 0 spiro atoms. The summed E-state index contributed by atoms with van der Waals surface area (Å²) in [5.74, 6) is 0.353. The normalized spacial score (nSPS) is 30.2. The van der Waals surface area contributed by atoms with Crippen LogP contribution < -0.4 is 0 Å². The Morgan fingerprint density at radius 2 is 2.22 bits per heavy atom. The summed E-state index contributed by atoms with van der Waals surface area (Å²) >= 11 is 1.82. The molecule has 2 aromatic heterocycles. The van der Waals surface area contributed by atoms with Crippen LogP contribution in [0.25, 0.3) is 11.3 Å². The molecule has 2 aliphatic rings. The number of hydrogen-bond acceptors (Lipinski definition) is 3. The first-order valence-electron chi connectivity index (χ1n) is 6.64. The van der Waals surface area contributed by atoms with E-state index >= 15 is 0 Å². The summed E-state index contributed by atoms with van der Waals surface area (Å²) in [5, 5.41) is 12.5. The van der Waals surface area contributed by atoms with Gasteiger partial charge in [0.25, 0.3) is 0 Å². The van der Waals surface area contributed by atoms with E-state index in [1.807, 2.05) is 23.9 Å². The van der Waals surface area contributed by atoms with Gasteiger partial charge in [0.05, 0.1) is 30.4 Å². The average Bonchev–Trinajstić information content (AvgIpc) is 3.02. The summed E-state index contributed by atoms with van der Waals surface area (Å²) in [7, 11) is 0. The molecule has 3 heterocycles. The van der Waals surface area contributed by atoms with Crippen molar-refractivity contribution in [2.45, 2.75) is 37.8 Å². The molecule has 4 heteroatoms. The zero-order chi connectivity index (χ0) is 12.1. The van der Waals surface area contributed by atoms with E-state index in [1.54, 1.807) is 0 Å². The Balaban J connectivity index is 1.82. The highest BCUT2D eigenvalue weighted by atomic mass is 32.1. The minimum atomic E-state index is -0.160. The Morgan fingerprint density at radius 3 is 3.11 bits per heavy atom. The van der Waals surface area contributed by atoms with Crippen molar-refractivity contribution < 1.29 is 5.11 Å². The molecule has 0 saturated heterocycles. The second kappa shape index (κ2) is 3.93. The van der Waals surface area contributed by atoms with Gasteiger partial charge in [0.2, 0.25) is 0 Å². The number of hydrogen-bond donors (Lipinski definition) is 1. The molecule has 0 amide bonds. The molecule has 0 radical (unpaired) electrons. The van der Waals surface area contributed by atoms with Crippen LogP contribution in [0.3, 0.4) is 0 Å². The van der Waals surface area contributed by atoms with Crippen molar-refractivity contribution in [1.29, 1.82) is 0 Å². The Kier molecular flexibility index (Phi) is 2.35. The first kappa shape index (κ1) is 10.8. The van der Waals surface area contributed by atoms with Gasteiger partial charge in [-0.25, -0.2) is 4.98 Å². The van der Waals surface area contributed by atoms with E-state index in [1.165, 1.54) is 29.0 Å². The van der Waals surface area contributed by atoms with E-state index in [2.05, 4.69) is 21.0 Å². The molecule has 2 aromatic rings. The van der Waals surface area contributed by atoms with Crippen LogP contribution in [0.2, 0.25) is 0 Å². The minimum absolute atomic E-state index is 0.160. The molecule has 0 aromatic carbocycles. The Bertz CT molecular complexity index is 534. The summed E-state index contributed by atoms with van der Waals surface area (Å²) in [6.45, 7) is 0. The van der Waals surface area contributed by atoms with E-state index in [0.29, 0.717) is 12.0 Å². The summed E-state index contributed by atoms with van der Waals surface area (Å²) in [6.07, 6.45) is 8.19. The lowest BCUT2D eigenvalue weighted by Crippen LogP contribution is -2.31. The molecule has 18 heavy (non-hydrogen) atoms. The molecule has 4 rings (SSSR count). The van der Waals surface area contributed by atoms with E-state index in [4.69, 9.17) is 0 Å². The summed E-state index contributed by atoms with van der Waals surface area (Å²) in [5.41, 5.74) is 2.54. The monoisotopic (exact) mass is 260 g/mol. The highest BCUT2D eigenvalue weighted by Crippen LogP contribution is 2.49. The quantitative estimate of drug-likeness (QED) is 0.855. The standard InChI is InChI=1S/C14H16N2OS/c17-12-4-2-1-3-10(12)13-14-9(5-6-18-14)11-7-15-8-16(11)13/h5-8,10,12-13,17H,1-4H2/t10-,12+,13-/m1/s1. The third-order valence-corrected chi connectivity index (χ3v) is 5.38. The molecule has 3 nitrogen and oxygen atoms in total. The summed E-state index contributed by atoms with van der Waals surface area (Å²) < 4.78 is 2.26. The van der Waals surface area contributed by atoms with Crippen molar-refractivity contribution in [3.8, 4) is 11.3 Å². The molecule has 3 atom stereocenters. The molecule has 0 unspecified atom stereocenters. The first-order valence-corrected chi connectivity index (χ1v) is 7.52. The second-order valence-electron chi connectivity index (χ2n) is 5.35. The predicted octanol–water partition coefficient (Wildman–Crippen LogP) is 3.07. The van der Waals surface area contributed by atoms with E-state index in [-0.39, 0.29) is 6.10 Å². The van der Waals surface area contributed by atoms with Crippen LogP contribution in [0.5, 0.6) is 0 Å². The molecule has 1 fully saturated rings. The van der Waals surface area contributed by atoms with Gasteiger partial charge in [-0.1, -0.05) is 12.8 Å². The van der Waals surface area contributed by atoms with Gasteiger partial charge >= 0.3 is 0 Å². The van der Waals surface area contributed by atoms with Crippen molar-refractivity contribution in [2.75, 3.05) is 0 Å². The van der Waals surface area contributed by atoms with Crippen LogP contribution in [0.4, 0.5) is 0 Å². The molecule has 1 N–H and O–H groups in total. The zero-order valence-electron chi connectivity index (χ0n) is 10.1. The van der Waals surface area contributed by atoms with Crippen molar-refractivity contribution in [3.05, 3.63) is 28.8 Å². The molecule has 1 aliphatic carbocycles. The maximum absolute atomic E-state index is 10.3. The fourth-order valence-electron chi connectivity index (χ4n) is 3.53. The number of nitrogens with zero attached hydrogens (tertiary/aromatic N) is 2. The zero-order valence-corrected chi connectivity index (χ0v) is 10.9. The van der Waals surface area contributed by atoms with Crippen LogP contribution in [-0.4, -0.2) is 20.8 Å². The highest BCUT2D eigenvalue weighted by molar-refractivity contribution is 7.10. The fraction of sp³-hybridized carbons (Fsp3) is 0.500. The Labute approximate surface area is 110 Å². The molecule has 0 bridgehead atoms. The van der Waals surface area contributed by atoms with E-state index < -0.39 is 0 Å². The van der Waals surface area contributed by atoms with Crippen molar-refractivity contribution in [3.63, 3.8) is 0 Å². The van der Waals surface area contributed by atoms with Gasteiger partial charge in [0.1, 0.15) is 0 Å². The highest BCUT2D eigenvalue weighted by Gasteiger charge is 2.39. The van der Waals surface area contributed by atoms with E-state index in [0.717, 1.165) is 12.8 Å². The molecular weight excluding hydrogens is 244 g/mol. The number of fused-ring (bicyclic) bond motifs is 3. The van der Waals surface area contributed by atoms with Crippen LogP contribution in [0.1, 0.15) is 36.6 Å². The number of aliphatic hydroxyl groups excluding tert-OH is 1. The molecule has 94 valence electrons. The number of thiophene rings is 1. The molecule has 1 aliphatic heterocycles. The van der Waals surface area contributed by atoms with Crippen molar-refractivity contribution in [2.24, 2.45) is 5.92 Å². The molecular formula is C14H16N2OS. The second-order valence-corrected chi connectivity index (χ2v) is 6.29. The van der Waals surface area contributed by atoms with Gasteiger partial charge in [-0.3, -0.25) is 0 Å². The van der Waals surface area contributed by atoms with Crippen LogP contribution in [0.15, 0.2) is 24.0 Å². The topological polar surface area (TPSA) is 38.1 Å². The SMILES string of the molecule is O[C@H]1CCCC[C@H]1[C@@H]1c2sccc2-c2cncn21. The van der Waals surface area contributed by atoms with Gasteiger partial charge in [-0.15, -0.1) is 11.3 Å². The lowest BCUT2D eigenvalue weighted by atomic mass is 9.81. The van der Waals surface area contributed by atoms with Crippen molar-refractivity contribution in [1.82, 2.24) is 9.55 Å². The number of aromatic nitrogens is 2. The average molecular weight is 260 g/mol. The third-order valence-electron chi connectivity index (χ3n) is 4.39. The largest absolute Gasteiger partial charge is 0.393 e.